The predicted molar refractivity (Wildman–Crippen MR) is 118 cm³/mol. The van der Waals surface area contributed by atoms with E-state index in [9.17, 15) is 0 Å². The molecule has 2 unspecified atom stereocenters. The number of rotatable bonds is 6. The lowest BCUT2D eigenvalue weighted by Gasteiger charge is -2.23. The number of halogens is 1. The number of benzene rings is 1. The molecule has 1 aromatic carbocycles. The van der Waals surface area contributed by atoms with E-state index in [2.05, 4.69) is 51.4 Å². The largest absolute Gasteiger partial charge is 0.376 e. The molecule has 2 aliphatic rings. The topological polar surface area (TPSA) is 40.1 Å². The first kappa shape index (κ1) is 21.4. The second-order valence-electron chi connectivity index (χ2n) is 7.45. The number of likely N-dealkylation sites (tertiary alicyclic amines) is 2. The van der Waals surface area contributed by atoms with Crippen LogP contribution in [-0.2, 0) is 11.3 Å². The highest BCUT2D eigenvalue weighted by Gasteiger charge is 2.26. The molecule has 0 amide bonds. The van der Waals surface area contributed by atoms with Crippen LogP contribution in [0.2, 0.25) is 0 Å². The van der Waals surface area contributed by atoms with Crippen LogP contribution in [0.1, 0.15) is 18.4 Å². The van der Waals surface area contributed by atoms with E-state index in [1.807, 2.05) is 13.1 Å². The molecule has 2 atom stereocenters. The molecule has 0 aliphatic carbocycles. The van der Waals surface area contributed by atoms with Crippen LogP contribution in [0.25, 0.3) is 0 Å². The number of nitrogens with one attached hydrogen (secondary N) is 1. The summed E-state index contributed by atoms with van der Waals surface area (Å²) in [5.41, 5.74) is 1.25. The van der Waals surface area contributed by atoms with Gasteiger partial charge in [-0.3, -0.25) is 4.99 Å². The standard InChI is InChI=1S/C20H32N4O.HI/c1-21-20(22-12-18-8-10-23(2)13-18)24-11-9-19(14-24)16-25-15-17-6-4-3-5-7-17;/h3-7,18-19H,8-16H2,1-2H3,(H,21,22);1H. The molecule has 0 radical (unpaired) electrons. The van der Waals surface area contributed by atoms with Gasteiger partial charge in [0.1, 0.15) is 0 Å². The lowest BCUT2D eigenvalue weighted by Crippen LogP contribution is -2.42. The van der Waals surface area contributed by atoms with E-state index in [0.29, 0.717) is 12.5 Å². The van der Waals surface area contributed by atoms with Crippen molar-refractivity contribution in [1.29, 1.82) is 0 Å². The monoisotopic (exact) mass is 472 g/mol. The highest BCUT2D eigenvalue weighted by atomic mass is 127. The van der Waals surface area contributed by atoms with Gasteiger partial charge in [-0.15, -0.1) is 24.0 Å². The van der Waals surface area contributed by atoms with Gasteiger partial charge >= 0.3 is 0 Å². The Kier molecular flexibility index (Phi) is 9.15. The van der Waals surface area contributed by atoms with Crippen molar-refractivity contribution in [1.82, 2.24) is 15.1 Å². The maximum Gasteiger partial charge on any atom is 0.193 e. The van der Waals surface area contributed by atoms with E-state index in [0.717, 1.165) is 38.1 Å². The van der Waals surface area contributed by atoms with E-state index in [1.165, 1.54) is 31.5 Å². The van der Waals surface area contributed by atoms with Gasteiger partial charge in [0.15, 0.2) is 5.96 Å². The Bertz CT molecular complexity index is 554. The van der Waals surface area contributed by atoms with E-state index in [1.54, 1.807) is 0 Å². The summed E-state index contributed by atoms with van der Waals surface area (Å²) in [5.74, 6) is 2.40. The van der Waals surface area contributed by atoms with Crippen molar-refractivity contribution in [2.75, 3.05) is 53.4 Å². The smallest absolute Gasteiger partial charge is 0.193 e. The van der Waals surface area contributed by atoms with Crippen LogP contribution in [0.3, 0.4) is 0 Å². The van der Waals surface area contributed by atoms with Crippen LogP contribution in [-0.4, -0.2) is 69.2 Å². The van der Waals surface area contributed by atoms with Crippen molar-refractivity contribution in [3.63, 3.8) is 0 Å². The lowest BCUT2D eigenvalue weighted by atomic mass is 10.1. The summed E-state index contributed by atoms with van der Waals surface area (Å²) in [6, 6.07) is 10.4. The van der Waals surface area contributed by atoms with Crippen molar-refractivity contribution in [2.24, 2.45) is 16.8 Å². The van der Waals surface area contributed by atoms with E-state index in [4.69, 9.17) is 4.74 Å². The molecular formula is C20H33IN4O. The molecule has 1 aromatic rings. The Morgan fingerprint density at radius 1 is 1.15 bits per heavy atom. The summed E-state index contributed by atoms with van der Waals surface area (Å²) in [4.78, 5) is 9.28. The molecule has 0 spiro atoms. The van der Waals surface area contributed by atoms with Crippen LogP contribution in [0, 0.1) is 11.8 Å². The fourth-order valence-electron chi connectivity index (χ4n) is 3.84. The van der Waals surface area contributed by atoms with Gasteiger partial charge in [-0.05, 0) is 37.9 Å². The molecule has 2 fully saturated rings. The van der Waals surface area contributed by atoms with Gasteiger partial charge in [0.05, 0.1) is 13.2 Å². The Morgan fingerprint density at radius 3 is 2.62 bits per heavy atom. The number of guanidine groups is 1. The molecule has 0 aromatic heterocycles. The predicted octanol–water partition coefficient (Wildman–Crippen LogP) is 2.67. The highest BCUT2D eigenvalue weighted by molar-refractivity contribution is 14.0. The van der Waals surface area contributed by atoms with Gasteiger partial charge in [-0.2, -0.15) is 0 Å². The van der Waals surface area contributed by atoms with Crippen LogP contribution < -0.4 is 5.32 Å². The molecule has 0 bridgehead atoms. The zero-order valence-corrected chi connectivity index (χ0v) is 18.4. The second kappa shape index (κ2) is 11.1. The summed E-state index contributed by atoms with van der Waals surface area (Å²) in [6.45, 7) is 7.09. The molecule has 2 heterocycles. The van der Waals surface area contributed by atoms with Gasteiger partial charge in [-0.1, -0.05) is 30.3 Å². The van der Waals surface area contributed by atoms with Crippen molar-refractivity contribution in [3.05, 3.63) is 35.9 Å². The minimum atomic E-state index is 0. The molecule has 5 nitrogen and oxygen atoms in total. The average Bonchev–Trinajstić information content (AvgIpc) is 3.26. The average molecular weight is 472 g/mol. The van der Waals surface area contributed by atoms with Gasteiger partial charge in [-0.25, -0.2) is 0 Å². The van der Waals surface area contributed by atoms with Gasteiger partial charge in [0.25, 0.3) is 0 Å². The SMILES string of the molecule is CN=C(NCC1CCN(C)C1)N1CCC(COCc2ccccc2)C1.I. The van der Waals surface area contributed by atoms with Crippen molar-refractivity contribution >= 4 is 29.9 Å². The molecule has 26 heavy (non-hydrogen) atoms. The second-order valence-corrected chi connectivity index (χ2v) is 7.45. The molecule has 0 saturated carbocycles. The Morgan fingerprint density at radius 2 is 1.92 bits per heavy atom. The molecule has 2 aliphatic heterocycles. The maximum atomic E-state index is 5.93. The first-order valence-corrected chi connectivity index (χ1v) is 9.50. The summed E-state index contributed by atoms with van der Waals surface area (Å²) >= 11 is 0. The van der Waals surface area contributed by atoms with Crippen LogP contribution in [0.5, 0.6) is 0 Å². The molecule has 6 heteroatoms. The van der Waals surface area contributed by atoms with Crippen LogP contribution in [0.4, 0.5) is 0 Å². The highest BCUT2D eigenvalue weighted by Crippen LogP contribution is 2.18. The van der Waals surface area contributed by atoms with Crippen molar-refractivity contribution in [3.8, 4) is 0 Å². The third-order valence-electron chi connectivity index (χ3n) is 5.30. The molecular weight excluding hydrogens is 439 g/mol. The number of nitrogens with zero attached hydrogens (tertiary/aromatic N) is 3. The summed E-state index contributed by atoms with van der Waals surface area (Å²) < 4.78 is 5.93. The first-order valence-electron chi connectivity index (χ1n) is 9.50. The van der Waals surface area contributed by atoms with Crippen LogP contribution in [0.15, 0.2) is 35.3 Å². The fourth-order valence-corrected chi connectivity index (χ4v) is 3.84. The molecule has 1 N–H and O–H groups in total. The minimum Gasteiger partial charge on any atom is -0.376 e. The lowest BCUT2D eigenvalue weighted by molar-refractivity contribution is 0.0906. The third-order valence-corrected chi connectivity index (χ3v) is 5.30. The number of hydrogen-bond acceptors (Lipinski definition) is 3. The van der Waals surface area contributed by atoms with Crippen LogP contribution >= 0.6 is 24.0 Å². The molecule has 3 rings (SSSR count). The Hall–Kier alpha value is -0.860. The van der Waals surface area contributed by atoms with Gasteiger partial charge in [0.2, 0.25) is 0 Å². The van der Waals surface area contributed by atoms with Crippen molar-refractivity contribution < 1.29 is 4.74 Å². The number of aliphatic imine (C=N–C) groups is 1. The number of hydrogen-bond donors (Lipinski definition) is 1. The molecule has 2 saturated heterocycles. The Balaban J connectivity index is 0.00000243. The van der Waals surface area contributed by atoms with E-state index < -0.39 is 0 Å². The zero-order chi connectivity index (χ0) is 17.5. The van der Waals surface area contributed by atoms with E-state index in [-0.39, 0.29) is 24.0 Å². The Labute approximate surface area is 175 Å². The van der Waals surface area contributed by atoms with Gasteiger partial charge in [0, 0.05) is 39.1 Å². The summed E-state index contributed by atoms with van der Waals surface area (Å²) in [6.07, 6.45) is 2.47. The number of ether oxygens (including phenoxy) is 1. The zero-order valence-electron chi connectivity index (χ0n) is 16.1. The van der Waals surface area contributed by atoms with Crippen molar-refractivity contribution in [2.45, 2.75) is 19.4 Å². The fraction of sp³-hybridized carbons (Fsp3) is 0.650. The third kappa shape index (κ3) is 6.39. The summed E-state index contributed by atoms with van der Waals surface area (Å²) in [5, 5.41) is 3.58. The first-order chi connectivity index (χ1) is 12.2. The minimum absolute atomic E-state index is 0. The normalized spacial score (nSPS) is 23.9. The van der Waals surface area contributed by atoms with Gasteiger partial charge < -0.3 is 19.9 Å². The quantitative estimate of drug-likeness (QED) is 0.393. The summed E-state index contributed by atoms with van der Waals surface area (Å²) in [7, 11) is 4.09. The van der Waals surface area contributed by atoms with E-state index >= 15 is 0 Å². The maximum absolute atomic E-state index is 5.93. The molecule has 146 valence electrons.